The lowest BCUT2D eigenvalue weighted by molar-refractivity contribution is 0.415. The van der Waals surface area contributed by atoms with Crippen LogP contribution >= 0.6 is 24.0 Å². The minimum Gasteiger partial charge on any atom is -0.495 e. The molecule has 1 aromatic carbocycles. The predicted molar refractivity (Wildman–Crippen MR) is 120 cm³/mol. The van der Waals surface area contributed by atoms with E-state index in [1.54, 1.807) is 7.11 Å². The maximum atomic E-state index is 5.50. The van der Waals surface area contributed by atoms with Crippen molar-refractivity contribution >= 4 is 35.6 Å². The van der Waals surface area contributed by atoms with Crippen LogP contribution < -0.4 is 20.3 Å². The molecule has 5 nitrogen and oxygen atoms in total. The summed E-state index contributed by atoms with van der Waals surface area (Å²) in [7, 11) is 1.74. The molecule has 26 heavy (non-hydrogen) atoms. The van der Waals surface area contributed by atoms with Gasteiger partial charge < -0.3 is 20.3 Å². The molecule has 1 aliphatic carbocycles. The van der Waals surface area contributed by atoms with Crippen LogP contribution in [-0.2, 0) is 0 Å². The van der Waals surface area contributed by atoms with Crippen LogP contribution in [0.3, 0.4) is 0 Å². The third-order valence-electron chi connectivity index (χ3n) is 5.04. The zero-order valence-corrected chi connectivity index (χ0v) is 18.4. The average Bonchev–Trinajstić information content (AvgIpc) is 3.35. The number of hydrogen-bond acceptors (Lipinski definition) is 3. The van der Waals surface area contributed by atoms with E-state index in [4.69, 9.17) is 9.73 Å². The average molecular weight is 472 g/mol. The van der Waals surface area contributed by atoms with Gasteiger partial charge in [-0.15, -0.1) is 24.0 Å². The predicted octanol–water partition coefficient (Wildman–Crippen LogP) is 3.64. The van der Waals surface area contributed by atoms with Gasteiger partial charge in [-0.2, -0.15) is 0 Å². The van der Waals surface area contributed by atoms with E-state index in [1.807, 2.05) is 12.1 Å². The quantitative estimate of drug-likeness (QED) is 0.263. The molecule has 146 valence electrons. The minimum atomic E-state index is 0. The van der Waals surface area contributed by atoms with Gasteiger partial charge in [0.1, 0.15) is 5.75 Å². The monoisotopic (exact) mass is 472 g/mol. The smallest absolute Gasteiger partial charge is 0.191 e. The van der Waals surface area contributed by atoms with Gasteiger partial charge in [0.15, 0.2) is 5.96 Å². The number of hydrogen-bond donors (Lipinski definition) is 2. The third kappa shape index (κ3) is 6.21. The van der Waals surface area contributed by atoms with Gasteiger partial charge in [0, 0.05) is 32.2 Å². The van der Waals surface area contributed by atoms with Crippen molar-refractivity contribution in [3.05, 3.63) is 24.3 Å². The third-order valence-corrected chi connectivity index (χ3v) is 5.04. The summed E-state index contributed by atoms with van der Waals surface area (Å²) in [6, 6.07) is 8.68. The maximum Gasteiger partial charge on any atom is 0.191 e. The Morgan fingerprint density at radius 3 is 2.81 bits per heavy atom. The summed E-state index contributed by atoms with van der Waals surface area (Å²) in [6.07, 6.45) is 6.53. The van der Waals surface area contributed by atoms with E-state index >= 15 is 0 Å². The first-order valence-corrected chi connectivity index (χ1v) is 9.73. The van der Waals surface area contributed by atoms with Crippen molar-refractivity contribution in [3.8, 4) is 5.75 Å². The summed E-state index contributed by atoms with van der Waals surface area (Å²) in [4.78, 5) is 7.16. The van der Waals surface area contributed by atoms with Gasteiger partial charge >= 0.3 is 0 Å². The number of para-hydroxylation sites is 2. The molecule has 3 rings (SSSR count). The summed E-state index contributed by atoms with van der Waals surface area (Å²) < 4.78 is 5.50. The van der Waals surface area contributed by atoms with Crippen LogP contribution in [0.5, 0.6) is 5.75 Å². The molecule has 2 fully saturated rings. The van der Waals surface area contributed by atoms with Crippen LogP contribution in [-0.4, -0.2) is 45.3 Å². The largest absolute Gasteiger partial charge is 0.495 e. The van der Waals surface area contributed by atoms with Crippen LogP contribution in [0.1, 0.15) is 39.0 Å². The van der Waals surface area contributed by atoms with Crippen molar-refractivity contribution in [1.29, 1.82) is 0 Å². The Bertz CT molecular complexity index is 577. The molecule has 0 spiro atoms. The van der Waals surface area contributed by atoms with E-state index in [1.165, 1.54) is 31.4 Å². The van der Waals surface area contributed by atoms with Gasteiger partial charge in [-0.1, -0.05) is 25.0 Å². The lowest BCUT2D eigenvalue weighted by Crippen LogP contribution is -2.44. The topological polar surface area (TPSA) is 48.9 Å². The number of nitrogens with zero attached hydrogens (tertiary/aromatic N) is 2. The molecule has 1 unspecified atom stereocenters. The van der Waals surface area contributed by atoms with E-state index < -0.39 is 0 Å². The Labute approximate surface area is 175 Å². The summed E-state index contributed by atoms with van der Waals surface area (Å²) >= 11 is 0. The molecule has 2 N–H and O–H groups in total. The van der Waals surface area contributed by atoms with Crippen LogP contribution in [0, 0.1) is 5.92 Å². The van der Waals surface area contributed by atoms with Crippen molar-refractivity contribution in [2.45, 2.75) is 45.1 Å². The highest BCUT2D eigenvalue weighted by Gasteiger charge is 2.25. The first-order chi connectivity index (χ1) is 12.3. The standard InChI is InChI=1S/C20H32N4O.HI/c1-3-21-20(22-13-6-7-16-10-11-16)23-17-12-14-24(15-17)18-8-4-5-9-19(18)25-2;/h4-5,8-9,16-17H,3,6-7,10-15H2,1-2H3,(H2,21,22,23);1H. The summed E-state index contributed by atoms with van der Waals surface area (Å²) in [5.74, 6) is 2.91. The van der Waals surface area contributed by atoms with Crippen molar-refractivity contribution in [3.63, 3.8) is 0 Å². The number of halogens is 1. The second-order valence-corrected chi connectivity index (χ2v) is 7.09. The highest BCUT2D eigenvalue weighted by atomic mass is 127. The Morgan fingerprint density at radius 1 is 1.27 bits per heavy atom. The molecule has 1 saturated carbocycles. The number of anilines is 1. The molecule has 1 saturated heterocycles. The van der Waals surface area contributed by atoms with Crippen molar-refractivity contribution < 1.29 is 4.74 Å². The zero-order valence-electron chi connectivity index (χ0n) is 16.0. The molecule has 0 amide bonds. The van der Waals surface area contributed by atoms with Gasteiger partial charge in [0.2, 0.25) is 0 Å². The fraction of sp³-hybridized carbons (Fsp3) is 0.650. The second-order valence-electron chi connectivity index (χ2n) is 7.09. The number of methoxy groups -OCH3 is 1. The SMILES string of the molecule is CCNC(=NCCCC1CC1)NC1CCN(c2ccccc2OC)C1.I. The number of guanidine groups is 1. The molecule has 0 radical (unpaired) electrons. The summed E-state index contributed by atoms with van der Waals surface area (Å²) in [5.41, 5.74) is 1.18. The normalized spacial score (nSPS) is 19.8. The van der Waals surface area contributed by atoms with E-state index in [9.17, 15) is 0 Å². The number of benzene rings is 1. The summed E-state index contributed by atoms with van der Waals surface area (Å²) in [5, 5.41) is 7.00. The fourth-order valence-corrected chi connectivity index (χ4v) is 3.48. The van der Waals surface area contributed by atoms with Gasteiger partial charge in [-0.05, 0) is 44.2 Å². The van der Waals surface area contributed by atoms with Gasteiger partial charge in [0.05, 0.1) is 12.8 Å². The maximum absolute atomic E-state index is 5.50. The first kappa shape index (κ1) is 21.1. The molecule has 1 atom stereocenters. The molecule has 0 aromatic heterocycles. The Morgan fingerprint density at radius 2 is 2.08 bits per heavy atom. The lowest BCUT2D eigenvalue weighted by Gasteiger charge is -2.22. The number of rotatable bonds is 8. The number of aliphatic imine (C=N–C) groups is 1. The zero-order chi connectivity index (χ0) is 17.5. The number of nitrogens with one attached hydrogen (secondary N) is 2. The molecule has 1 heterocycles. The molecule has 1 aliphatic heterocycles. The highest BCUT2D eigenvalue weighted by molar-refractivity contribution is 14.0. The van der Waals surface area contributed by atoms with Gasteiger partial charge in [0.25, 0.3) is 0 Å². The first-order valence-electron chi connectivity index (χ1n) is 9.73. The molecular weight excluding hydrogens is 439 g/mol. The van der Waals surface area contributed by atoms with Crippen LogP contribution in [0.2, 0.25) is 0 Å². The Hall–Kier alpha value is -1.18. The van der Waals surface area contributed by atoms with Crippen molar-refractivity contribution in [2.24, 2.45) is 10.9 Å². The molecule has 2 aliphatic rings. The lowest BCUT2D eigenvalue weighted by atomic mass is 10.2. The van der Waals surface area contributed by atoms with E-state index in [2.05, 4.69) is 34.6 Å². The van der Waals surface area contributed by atoms with E-state index in [-0.39, 0.29) is 24.0 Å². The molecule has 0 bridgehead atoms. The highest BCUT2D eigenvalue weighted by Crippen LogP contribution is 2.33. The van der Waals surface area contributed by atoms with Crippen molar-refractivity contribution in [1.82, 2.24) is 10.6 Å². The minimum absolute atomic E-state index is 0. The summed E-state index contributed by atoms with van der Waals surface area (Å²) in [6.45, 7) is 5.97. The van der Waals surface area contributed by atoms with E-state index in [0.29, 0.717) is 6.04 Å². The van der Waals surface area contributed by atoms with Crippen molar-refractivity contribution in [2.75, 3.05) is 38.2 Å². The molecular formula is C20H33IN4O. The van der Waals surface area contributed by atoms with E-state index in [0.717, 1.165) is 50.2 Å². The Kier molecular flexibility index (Phi) is 8.81. The second kappa shape index (κ2) is 10.8. The number of ether oxygens (including phenoxy) is 1. The Balaban J connectivity index is 0.00000243. The molecule has 6 heteroatoms. The fourth-order valence-electron chi connectivity index (χ4n) is 3.48. The van der Waals surface area contributed by atoms with Crippen LogP contribution in [0.15, 0.2) is 29.3 Å². The van der Waals surface area contributed by atoms with Crippen LogP contribution in [0.4, 0.5) is 5.69 Å². The van der Waals surface area contributed by atoms with Gasteiger partial charge in [-0.3, -0.25) is 4.99 Å². The molecule has 1 aromatic rings. The van der Waals surface area contributed by atoms with Gasteiger partial charge in [-0.25, -0.2) is 0 Å². The van der Waals surface area contributed by atoms with Crippen LogP contribution in [0.25, 0.3) is 0 Å².